The highest BCUT2D eigenvalue weighted by atomic mass is 35.5. The monoisotopic (exact) mass is 613 g/mol. The van der Waals surface area contributed by atoms with Crippen LogP contribution in [-0.2, 0) is 16.6 Å². The third kappa shape index (κ3) is 6.97. The predicted molar refractivity (Wildman–Crippen MR) is 158 cm³/mol. The van der Waals surface area contributed by atoms with Crippen LogP contribution in [0.2, 0.25) is 5.02 Å². The predicted octanol–water partition coefficient (Wildman–Crippen LogP) is 4.18. The van der Waals surface area contributed by atoms with Crippen molar-refractivity contribution in [3.8, 4) is 11.8 Å². The number of benzene rings is 1. The Balaban J connectivity index is 1.16. The van der Waals surface area contributed by atoms with Gasteiger partial charge in [0.1, 0.15) is 22.7 Å². The molecule has 5 rings (SSSR count). The first-order valence-corrected chi connectivity index (χ1v) is 14.9. The van der Waals surface area contributed by atoms with E-state index in [9.17, 15) is 23.9 Å². The van der Waals surface area contributed by atoms with E-state index in [0.29, 0.717) is 56.1 Å². The maximum Gasteiger partial charge on any atom is 0.410 e. The van der Waals surface area contributed by atoms with E-state index in [4.69, 9.17) is 16.3 Å². The summed E-state index contributed by atoms with van der Waals surface area (Å²) in [6.07, 6.45) is 3.60. The van der Waals surface area contributed by atoms with Crippen molar-refractivity contribution in [2.24, 2.45) is 18.9 Å². The Kier molecular flexibility index (Phi) is 8.47. The van der Waals surface area contributed by atoms with Gasteiger partial charge in [-0.15, -0.1) is 0 Å². The summed E-state index contributed by atoms with van der Waals surface area (Å²) in [7, 11) is 1.75. The minimum Gasteiger partial charge on any atom is -0.444 e. The Labute approximate surface area is 255 Å². The average Bonchev–Trinajstić information content (AvgIpc) is 3.59. The number of hydrogen-bond donors (Lipinski definition) is 2. The lowest BCUT2D eigenvalue weighted by atomic mass is 9.92. The van der Waals surface area contributed by atoms with E-state index in [1.807, 2.05) is 20.8 Å². The molecule has 1 saturated heterocycles. The molecule has 2 heterocycles. The molecule has 12 heteroatoms. The number of imidazole rings is 1. The second-order valence-electron chi connectivity index (χ2n) is 12.8. The molecule has 2 aromatic rings. The first-order chi connectivity index (χ1) is 20.2. The lowest BCUT2D eigenvalue weighted by Gasteiger charge is -2.34. The van der Waals surface area contributed by atoms with Crippen molar-refractivity contribution in [2.75, 3.05) is 31.5 Å². The zero-order chi connectivity index (χ0) is 31.1. The summed E-state index contributed by atoms with van der Waals surface area (Å²) in [5.41, 5.74) is -0.328. The third-order valence-electron chi connectivity index (χ3n) is 8.41. The fourth-order valence-electron chi connectivity index (χ4n) is 6.44. The number of nitrogens with one attached hydrogen (secondary N) is 1. The standard InChI is InChI=1S/C31H37ClFN5O5/c1-30(2,3)43-29(41)38-11-9-37(10-12-38)25(39)7-8-31(42)16-20-13-19(14-21(20)17-31)26-27(36(4)18-34-26)28(40)35-22-5-6-24(33)23(32)15-22/h5-6,15,18-21,42H,9-14,16-17H2,1-4H3,(H,35,40). The quantitative estimate of drug-likeness (QED) is 0.502. The number of halogens is 2. The number of hydrogen-bond acceptors (Lipinski definition) is 6. The third-order valence-corrected chi connectivity index (χ3v) is 8.70. The summed E-state index contributed by atoms with van der Waals surface area (Å²) in [6.45, 7) is 6.87. The van der Waals surface area contributed by atoms with Gasteiger partial charge in [-0.25, -0.2) is 14.2 Å². The van der Waals surface area contributed by atoms with Crippen LogP contribution < -0.4 is 5.32 Å². The van der Waals surface area contributed by atoms with Crippen LogP contribution in [0.3, 0.4) is 0 Å². The lowest BCUT2D eigenvalue weighted by molar-refractivity contribution is -0.126. The topological polar surface area (TPSA) is 117 Å². The molecule has 0 spiro atoms. The molecule has 2 unspecified atom stereocenters. The number of rotatable bonds is 3. The van der Waals surface area contributed by atoms with Crippen LogP contribution in [0.5, 0.6) is 0 Å². The number of aromatic nitrogens is 2. The fraction of sp³-hybridized carbons (Fsp3) is 0.548. The van der Waals surface area contributed by atoms with Gasteiger partial charge < -0.3 is 29.5 Å². The number of ether oxygens (including phenoxy) is 1. The Morgan fingerprint density at radius 1 is 1.12 bits per heavy atom. The van der Waals surface area contributed by atoms with Gasteiger partial charge in [-0.05, 0) is 82.4 Å². The van der Waals surface area contributed by atoms with Crippen molar-refractivity contribution in [3.05, 3.63) is 46.8 Å². The number of carbonyl (C=O) groups is 3. The number of piperazine rings is 1. The molecule has 3 aliphatic rings. The maximum absolute atomic E-state index is 13.5. The van der Waals surface area contributed by atoms with Crippen LogP contribution in [0.1, 0.15) is 68.6 Å². The second-order valence-corrected chi connectivity index (χ2v) is 13.2. The summed E-state index contributed by atoms with van der Waals surface area (Å²) >= 11 is 5.87. The van der Waals surface area contributed by atoms with E-state index in [1.165, 1.54) is 18.2 Å². The van der Waals surface area contributed by atoms with Gasteiger partial charge in [-0.1, -0.05) is 17.5 Å². The van der Waals surface area contributed by atoms with Crippen molar-refractivity contribution < 1.29 is 28.6 Å². The first kappa shape index (κ1) is 30.8. The van der Waals surface area contributed by atoms with Crippen LogP contribution in [0, 0.1) is 29.5 Å². The zero-order valence-corrected chi connectivity index (χ0v) is 25.6. The fourth-order valence-corrected chi connectivity index (χ4v) is 6.62. The van der Waals surface area contributed by atoms with Gasteiger partial charge in [-0.2, -0.15) is 0 Å². The molecular weight excluding hydrogens is 577 g/mol. The molecule has 2 N–H and O–H groups in total. The van der Waals surface area contributed by atoms with Gasteiger partial charge in [0.15, 0.2) is 0 Å². The molecule has 3 amide bonds. The Hall–Kier alpha value is -3.62. The lowest BCUT2D eigenvalue weighted by Crippen LogP contribution is -2.51. The second kappa shape index (κ2) is 11.8. The highest BCUT2D eigenvalue weighted by molar-refractivity contribution is 6.31. The van der Waals surface area contributed by atoms with Crippen LogP contribution >= 0.6 is 11.6 Å². The molecule has 230 valence electrons. The molecule has 3 fully saturated rings. The van der Waals surface area contributed by atoms with E-state index in [-0.39, 0.29) is 34.6 Å². The van der Waals surface area contributed by atoms with Gasteiger partial charge in [-0.3, -0.25) is 9.59 Å². The van der Waals surface area contributed by atoms with Crippen LogP contribution in [0.25, 0.3) is 0 Å². The van der Waals surface area contributed by atoms with Gasteiger partial charge in [0.2, 0.25) is 0 Å². The first-order valence-electron chi connectivity index (χ1n) is 14.5. The van der Waals surface area contributed by atoms with Crippen LogP contribution in [0.4, 0.5) is 14.9 Å². The molecule has 0 bridgehead atoms. The molecule has 0 radical (unpaired) electrons. The Morgan fingerprint density at radius 3 is 2.35 bits per heavy atom. The van der Waals surface area contributed by atoms with Crippen LogP contribution in [-0.4, -0.2) is 79.7 Å². The summed E-state index contributed by atoms with van der Waals surface area (Å²) in [5, 5.41) is 13.9. The maximum atomic E-state index is 13.5. The molecule has 2 aliphatic carbocycles. The van der Waals surface area contributed by atoms with Crippen LogP contribution in [0.15, 0.2) is 24.5 Å². The Bertz CT molecular complexity index is 1470. The summed E-state index contributed by atoms with van der Waals surface area (Å²) < 4.78 is 20.6. The van der Waals surface area contributed by atoms with Crippen molar-refractivity contribution >= 4 is 35.2 Å². The molecule has 2 saturated carbocycles. The van der Waals surface area contributed by atoms with E-state index >= 15 is 0 Å². The van der Waals surface area contributed by atoms with Crippen molar-refractivity contribution in [3.63, 3.8) is 0 Å². The van der Waals surface area contributed by atoms with Crippen molar-refractivity contribution in [2.45, 2.75) is 63.6 Å². The minimum atomic E-state index is -1.25. The molecule has 1 aromatic heterocycles. The van der Waals surface area contributed by atoms with Crippen molar-refractivity contribution in [1.29, 1.82) is 0 Å². The highest BCUT2D eigenvalue weighted by Gasteiger charge is 2.49. The summed E-state index contributed by atoms with van der Waals surface area (Å²) in [5.74, 6) is 4.64. The highest BCUT2D eigenvalue weighted by Crippen LogP contribution is 2.53. The SMILES string of the molecule is Cn1cnc(C2CC3CC(O)(C#CC(=O)N4CCN(C(=O)OC(C)(C)C)CC4)CC3C2)c1C(=O)Nc1ccc(F)c(Cl)c1. The summed E-state index contributed by atoms with van der Waals surface area (Å²) in [6, 6.07) is 4.01. The van der Waals surface area contributed by atoms with Crippen molar-refractivity contribution in [1.82, 2.24) is 19.4 Å². The van der Waals surface area contributed by atoms with E-state index in [1.54, 1.807) is 27.7 Å². The molecule has 43 heavy (non-hydrogen) atoms. The summed E-state index contributed by atoms with van der Waals surface area (Å²) in [4.78, 5) is 46.0. The number of amides is 3. The van der Waals surface area contributed by atoms with E-state index in [2.05, 4.69) is 22.1 Å². The number of aliphatic hydroxyl groups is 1. The largest absolute Gasteiger partial charge is 0.444 e. The number of nitrogens with zero attached hydrogens (tertiary/aromatic N) is 4. The molecule has 1 aliphatic heterocycles. The molecule has 1 aromatic carbocycles. The number of anilines is 1. The van der Waals surface area contributed by atoms with Gasteiger partial charge in [0.05, 0.1) is 17.0 Å². The molecule has 10 nitrogen and oxygen atoms in total. The zero-order valence-electron chi connectivity index (χ0n) is 24.8. The van der Waals surface area contributed by atoms with Gasteiger partial charge >= 0.3 is 6.09 Å². The number of fused-ring (bicyclic) bond motifs is 1. The smallest absolute Gasteiger partial charge is 0.410 e. The van der Waals surface area contributed by atoms with Gasteiger partial charge in [0, 0.05) is 44.8 Å². The average molecular weight is 614 g/mol. The molecule has 2 atom stereocenters. The minimum absolute atomic E-state index is 0.0363. The van der Waals surface area contributed by atoms with Gasteiger partial charge in [0.25, 0.3) is 11.8 Å². The molecular formula is C31H37ClFN5O5. The van der Waals surface area contributed by atoms with E-state index < -0.39 is 23.1 Å². The number of aryl methyl sites for hydroxylation is 1. The Morgan fingerprint density at radius 2 is 1.74 bits per heavy atom. The van der Waals surface area contributed by atoms with E-state index in [0.717, 1.165) is 12.8 Å². The number of carbonyl (C=O) groups excluding carboxylic acids is 3. The normalized spacial score (nSPS) is 25.1.